The fourth-order valence-corrected chi connectivity index (χ4v) is 2.28. The molecule has 0 aromatic heterocycles. The third kappa shape index (κ3) is 2.76. The minimum absolute atomic E-state index is 0.234. The average Bonchev–Trinajstić information content (AvgIpc) is 2.64. The summed E-state index contributed by atoms with van der Waals surface area (Å²) in [6.07, 6.45) is 1.23. The summed E-state index contributed by atoms with van der Waals surface area (Å²) in [5.41, 5.74) is 0.705. The lowest BCUT2D eigenvalue weighted by molar-refractivity contribution is 0.0618. The highest BCUT2D eigenvalue weighted by Crippen LogP contribution is 2.24. The molecule has 1 aliphatic rings. The fourth-order valence-electron chi connectivity index (χ4n) is 2.28. The smallest absolute Gasteiger partial charge is 0.146 e. The Balaban J connectivity index is 2.15. The molecule has 3 nitrogen and oxygen atoms in total. The highest BCUT2D eigenvalue weighted by Gasteiger charge is 2.31. The number of hydrogen-bond acceptors (Lipinski definition) is 3. The second-order valence-corrected chi connectivity index (χ2v) is 5.01. The Bertz CT molecular complexity index is 400. The molecule has 1 saturated heterocycles. The molecule has 94 valence electrons. The summed E-state index contributed by atoms with van der Waals surface area (Å²) in [7, 11) is 3.62. The van der Waals surface area contributed by atoms with E-state index in [-0.39, 0.29) is 5.82 Å². The van der Waals surface area contributed by atoms with Gasteiger partial charge in [-0.1, -0.05) is 6.07 Å². The summed E-state index contributed by atoms with van der Waals surface area (Å²) < 4.78 is 13.8. The fraction of sp³-hybridized carbons (Fsp3) is 0.538. The molecule has 0 amide bonds. The van der Waals surface area contributed by atoms with Crippen LogP contribution in [0.15, 0.2) is 18.2 Å². The lowest BCUT2D eigenvalue weighted by atomic mass is 9.93. The van der Waals surface area contributed by atoms with Crippen molar-refractivity contribution in [1.82, 2.24) is 5.32 Å². The largest absolute Gasteiger partial charge is 0.388 e. The molecule has 0 bridgehead atoms. The molecule has 17 heavy (non-hydrogen) atoms. The molecule has 4 heteroatoms. The number of hydrogen-bond donors (Lipinski definition) is 2. The van der Waals surface area contributed by atoms with E-state index >= 15 is 0 Å². The molecule has 1 atom stereocenters. The van der Waals surface area contributed by atoms with Gasteiger partial charge in [-0.05, 0) is 30.7 Å². The topological polar surface area (TPSA) is 35.5 Å². The number of halogens is 1. The van der Waals surface area contributed by atoms with Gasteiger partial charge in [-0.15, -0.1) is 0 Å². The Morgan fingerprint density at radius 1 is 1.47 bits per heavy atom. The van der Waals surface area contributed by atoms with Crippen molar-refractivity contribution in [3.05, 3.63) is 29.6 Å². The summed E-state index contributed by atoms with van der Waals surface area (Å²) in [4.78, 5) is 1.74. The van der Waals surface area contributed by atoms with Gasteiger partial charge >= 0.3 is 0 Å². The van der Waals surface area contributed by atoms with Crippen LogP contribution in [-0.4, -0.2) is 37.9 Å². The van der Waals surface area contributed by atoms with Crippen molar-refractivity contribution < 1.29 is 9.50 Å². The van der Waals surface area contributed by atoms with E-state index in [0.29, 0.717) is 18.7 Å². The van der Waals surface area contributed by atoms with Gasteiger partial charge in [0.15, 0.2) is 0 Å². The van der Waals surface area contributed by atoms with Crippen LogP contribution in [0.1, 0.15) is 12.0 Å². The van der Waals surface area contributed by atoms with Gasteiger partial charge in [0.1, 0.15) is 5.82 Å². The van der Waals surface area contributed by atoms with Crippen molar-refractivity contribution in [1.29, 1.82) is 0 Å². The molecule has 1 aromatic rings. The zero-order valence-corrected chi connectivity index (χ0v) is 10.3. The van der Waals surface area contributed by atoms with E-state index in [2.05, 4.69) is 5.32 Å². The molecule has 1 fully saturated rings. The molecule has 0 radical (unpaired) electrons. The van der Waals surface area contributed by atoms with Gasteiger partial charge in [-0.2, -0.15) is 0 Å². The monoisotopic (exact) mass is 238 g/mol. The second kappa shape index (κ2) is 4.63. The maximum absolute atomic E-state index is 13.8. The highest BCUT2D eigenvalue weighted by molar-refractivity contribution is 5.47. The SMILES string of the molecule is CN(C)c1ccc(CC2(O)CCNC2)cc1F. The first-order valence-electron chi connectivity index (χ1n) is 5.89. The first kappa shape index (κ1) is 12.3. The first-order valence-corrected chi connectivity index (χ1v) is 5.89. The Morgan fingerprint density at radius 3 is 2.76 bits per heavy atom. The number of nitrogens with one attached hydrogen (secondary N) is 1. The number of aliphatic hydroxyl groups is 1. The van der Waals surface area contributed by atoms with Crippen molar-refractivity contribution in [3.8, 4) is 0 Å². The van der Waals surface area contributed by atoms with Crippen molar-refractivity contribution in [3.63, 3.8) is 0 Å². The second-order valence-electron chi connectivity index (χ2n) is 5.01. The zero-order valence-electron chi connectivity index (χ0n) is 10.3. The minimum Gasteiger partial charge on any atom is -0.388 e. The molecular formula is C13H19FN2O. The predicted octanol–water partition coefficient (Wildman–Crippen LogP) is 1.16. The zero-order chi connectivity index (χ0) is 12.5. The minimum atomic E-state index is -0.716. The van der Waals surface area contributed by atoms with Gasteiger partial charge < -0.3 is 15.3 Å². The molecule has 1 heterocycles. The lowest BCUT2D eigenvalue weighted by Gasteiger charge is -2.22. The molecule has 1 aliphatic heterocycles. The standard InChI is InChI=1S/C13H19FN2O/c1-16(2)12-4-3-10(7-11(12)14)8-13(17)5-6-15-9-13/h3-4,7,15,17H,5-6,8-9H2,1-2H3. The average molecular weight is 238 g/mol. The van der Waals surface area contributed by atoms with Gasteiger partial charge in [0.2, 0.25) is 0 Å². The van der Waals surface area contributed by atoms with Gasteiger partial charge in [-0.3, -0.25) is 0 Å². The molecule has 0 spiro atoms. The molecule has 1 unspecified atom stereocenters. The number of rotatable bonds is 3. The Morgan fingerprint density at radius 2 is 2.24 bits per heavy atom. The Kier molecular flexibility index (Phi) is 3.35. The van der Waals surface area contributed by atoms with E-state index < -0.39 is 5.60 Å². The van der Waals surface area contributed by atoms with Crippen LogP contribution < -0.4 is 10.2 Å². The summed E-state index contributed by atoms with van der Waals surface area (Å²) in [6, 6.07) is 5.16. The van der Waals surface area contributed by atoms with E-state index in [9.17, 15) is 9.50 Å². The molecule has 0 saturated carbocycles. The van der Waals surface area contributed by atoms with Crippen LogP contribution in [0.3, 0.4) is 0 Å². The Hall–Kier alpha value is -1.13. The maximum Gasteiger partial charge on any atom is 0.146 e. The van der Waals surface area contributed by atoms with Crippen LogP contribution in [0.25, 0.3) is 0 Å². The molecule has 0 aliphatic carbocycles. The van der Waals surface area contributed by atoms with Crippen LogP contribution in [0, 0.1) is 5.82 Å². The van der Waals surface area contributed by atoms with E-state index in [0.717, 1.165) is 18.5 Å². The van der Waals surface area contributed by atoms with Gasteiger partial charge in [-0.25, -0.2) is 4.39 Å². The van der Waals surface area contributed by atoms with Gasteiger partial charge in [0.25, 0.3) is 0 Å². The van der Waals surface area contributed by atoms with E-state index in [1.54, 1.807) is 11.0 Å². The van der Waals surface area contributed by atoms with Crippen LogP contribution in [0.4, 0.5) is 10.1 Å². The number of anilines is 1. The number of β-amino-alcohol motifs (C(OH)–C–C–N with tert-alkyl or cyclic N) is 1. The summed E-state index contributed by atoms with van der Waals surface area (Å²) >= 11 is 0. The van der Waals surface area contributed by atoms with Crippen molar-refractivity contribution in [2.24, 2.45) is 0 Å². The third-order valence-electron chi connectivity index (χ3n) is 3.25. The number of nitrogens with zero attached hydrogens (tertiary/aromatic N) is 1. The summed E-state index contributed by atoms with van der Waals surface area (Å²) in [6.45, 7) is 1.42. The molecule has 2 rings (SSSR count). The molecule has 1 aromatic carbocycles. The predicted molar refractivity (Wildman–Crippen MR) is 66.9 cm³/mol. The van der Waals surface area contributed by atoms with Gasteiger partial charge in [0, 0.05) is 27.1 Å². The lowest BCUT2D eigenvalue weighted by Crippen LogP contribution is -2.33. The summed E-state index contributed by atoms with van der Waals surface area (Å²) in [5.74, 6) is -0.234. The van der Waals surface area contributed by atoms with Crippen LogP contribution in [-0.2, 0) is 6.42 Å². The number of benzene rings is 1. The summed E-state index contributed by atoms with van der Waals surface area (Å²) in [5, 5.41) is 13.3. The third-order valence-corrected chi connectivity index (χ3v) is 3.25. The van der Waals surface area contributed by atoms with Crippen molar-refractivity contribution in [2.45, 2.75) is 18.4 Å². The molecular weight excluding hydrogens is 219 g/mol. The van der Waals surface area contributed by atoms with Crippen molar-refractivity contribution >= 4 is 5.69 Å². The van der Waals surface area contributed by atoms with E-state index in [4.69, 9.17) is 0 Å². The quantitative estimate of drug-likeness (QED) is 0.829. The van der Waals surface area contributed by atoms with Crippen LogP contribution >= 0.6 is 0 Å². The van der Waals surface area contributed by atoms with Crippen LogP contribution in [0.5, 0.6) is 0 Å². The first-order chi connectivity index (χ1) is 8.00. The normalized spacial score (nSPS) is 24.0. The Labute approximate surface area is 101 Å². The van der Waals surface area contributed by atoms with E-state index in [1.807, 2.05) is 20.2 Å². The molecule has 2 N–H and O–H groups in total. The maximum atomic E-state index is 13.8. The van der Waals surface area contributed by atoms with Gasteiger partial charge in [0.05, 0.1) is 11.3 Å². The van der Waals surface area contributed by atoms with Crippen molar-refractivity contribution in [2.75, 3.05) is 32.1 Å². The van der Waals surface area contributed by atoms with Crippen LogP contribution in [0.2, 0.25) is 0 Å². The van der Waals surface area contributed by atoms with E-state index in [1.165, 1.54) is 6.07 Å². The highest BCUT2D eigenvalue weighted by atomic mass is 19.1.